The minimum atomic E-state index is -0.0214. The maximum Gasteiger partial charge on any atom is 0.273 e. The van der Waals surface area contributed by atoms with Gasteiger partial charge in [-0.25, -0.2) is 4.98 Å². The smallest absolute Gasteiger partial charge is 0.273 e. The Balaban J connectivity index is 1.58. The number of ether oxygens (including phenoxy) is 1. The molecule has 2 aromatic rings. The number of amides is 1. The van der Waals surface area contributed by atoms with Crippen molar-refractivity contribution < 1.29 is 9.53 Å². The third-order valence-corrected chi connectivity index (χ3v) is 5.62. The molecule has 0 radical (unpaired) electrons. The van der Waals surface area contributed by atoms with Crippen LogP contribution in [0.25, 0.3) is 0 Å². The molecule has 0 unspecified atom stereocenters. The van der Waals surface area contributed by atoms with Crippen molar-refractivity contribution in [2.45, 2.75) is 52.1 Å². The van der Waals surface area contributed by atoms with Gasteiger partial charge < -0.3 is 9.64 Å². The van der Waals surface area contributed by atoms with Gasteiger partial charge in [0.05, 0.1) is 5.01 Å². The monoisotopic (exact) mass is 359 g/mol. The van der Waals surface area contributed by atoms with E-state index in [9.17, 15) is 4.79 Å². The van der Waals surface area contributed by atoms with Gasteiger partial charge in [-0.1, -0.05) is 20.8 Å². The van der Waals surface area contributed by atoms with Gasteiger partial charge in [-0.05, 0) is 13.0 Å². The van der Waals surface area contributed by atoms with Crippen LogP contribution in [0, 0.1) is 6.92 Å². The molecule has 0 bridgehead atoms. The minimum absolute atomic E-state index is 0.0214. The number of aromatic nitrogens is 2. The van der Waals surface area contributed by atoms with Gasteiger partial charge in [0, 0.05) is 54.7 Å². The fourth-order valence-corrected chi connectivity index (χ4v) is 3.71. The number of hydrogen-bond donors (Lipinski definition) is 0. The van der Waals surface area contributed by atoms with Crippen molar-refractivity contribution in [1.82, 2.24) is 14.9 Å². The van der Waals surface area contributed by atoms with Crippen LogP contribution in [0.4, 0.5) is 0 Å². The van der Waals surface area contributed by atoms with Crippen molar-refractivity contribution in [3.8, 4) is 5.75 Å². The molecule has 1 aliphatic heterocycles. The molecular formula is C19H25N3O2S. The van der Waals surface area contributed by atoms with E-state index in [1.807, 2.05) is 29.5 Å². The Kier molecular flexibility index (Phi) is 5.08. The molecule has 1 saturated heterocycles. The highest BCUT2D eigenvalue weighted by atomic mass is 32.1. The summed E-state index contributed by atoms with van der Waals surface area (Å²) in [6.07, 6.45) is 5.37. The molecule has 3 rings (SSSR count). The average molecular weight is 359 g/mol. The number of carbonyl (C=O) groups is 1. The van der Waals surface area contributed by atoms with Crippen molar-refractivity contribution >= 4 is 17.2 Å². The van der Waals surface area contributed by atoms with Crippen LogP contribution in [-0.2, 0) is 5.41 Å². The predicted molar refractivity (Wildman–Crippen MR) is 99.3 cm³/mol. The highest BCUT2D eigenvalue weighted by Crippen LogP contribution is 2.27. The molecule has 134 valence electrons. The highest BCUT2D eigenvalue weighted by molar-refractivity contribution is 7.10. The van der Waals surface area contributed by atoms with Gasteiger partial charge in [0.15, 0.2) is 0 Å². The first-order valence-electron chi connectivity index (χ1n) is 8.67. The van der Waals surface area contributed by atoms with Gasteiger partial charge in [-0.15, -0.1) is 11.3 Å². The summed E-state index contributed by atoms with van der Waals surface area (Å²) in [6, 6.07) is 1.90. The first-order valence-corrected chi connectivity index (χ1v) is 9.55. The SMILES string of the molecule is Cc1cnccc1OC1CCN(C(=O)c2csc(C(C)(C)C)n2)CC1. The maximum absolute atomic E-state index is 12.7. The summed E-state index contributed by atoms with van der Waals surface area (Å²) in [5.41, 5.74) is 1.59. The zero-order chi connectivity index (χ0) is 18.0. The highest BCUT2D eigenvalue weighted by Gasteiger charge is 2.27. The minimum Gasteiger partial charge on any atom is -0.490 e. The number of pyridine rings is 1. The molecule has 0 atom stereocenters. The number of carbonyl (C=O) groups excluding carboxylic acids is 1. The molecule has 3 heterocycles. The van der Waals surface area contributed by atoms with E-state index < -0.39 is 0 Å². The number of thiazole rings is 1. The molecule has 0 aliphatic carbocycles. The molecule has 0 N–H and O–H groups in total. The molecule has 5 nitrogen and oxygen atoms in total. The zero-order valence-electron chi connectivity index (χ0n) is 15.3. The van der Waals surface area contributed by atoms with Crippen molar-refractivity contribution in [2.24, 2.45) is 0 Å². The lowest BCUT2D eigenvalue weighted by atomic mass is 9.98. The number of rotatable bonds is 3. The van der Waals surface area contributed by atoms with Crippen LogP contribution in [-0.4, -0.2) is 40.0 Å². The first-order chi connectivity index (χ1) is 11.8. The molecule has 2 aromatic heterocycles. The van der Waals surface area contributed by atoms with E-state index >= 15 is 0 Å². The molecule has 6 heteroatoms. The zero-order valence-corrected chi connectivity index (χ0v) is 16.1. The van der Waals surface area contributed by atoms with E-state index in [1.165, 1.54) is 0 Å². The number of nitrogens with zero attached hydrogens (tertiary/aromatic N) is 3. The van der Waals surface area contributed by atoms with Crippen LogP contribution in [0.15, 0.2) is 23.8 Å². The molecule has 1 amide bonds. The summed E-state index contributed by atoms with van der Waals surface area (Å²) in [6.45, 7) is 9.75. The second-order valence-corrected chi connectivity index (χ2v) is 8.40. The lowest BCUT2D eigenvalue weighted by Crippen LogP contribution is -2.42. The first kappa shape index (κ1) is 17.9. The molecule has 0 spiro atoms. The summed E-state index contributed by atoms with van der Waals surface area (Å²) in [4.78, 5) is 23.2. The van der Waals surface area contributed by atoms with Gasteiger partial charge in [-0.3, -0.25) is 9.78 Å². The fourth-order valence-electron chi connectivity index (χ4n) is 2.83. The largest absolute Gasteiger partial charge is 0.490 e. The Bertz CT molecular complexity index is 743. The second-order valence-electron chi connectivity index (χ2n) is 7.54. The Morgan fingerprint density at radius 2 is 2.04 bits per heavy atom. The number of likely N-dealkylation sites (tertiary alicyclic amines) is 1. The third kappa shape index (κ3) is 4.18. The predicted octanol–water partition coefficient (Wildman–Crippen LogP) is 3.83. The molecular weight excluding hydrogens is 334 g/mol. The Hall–Kier alpha value is -1.95. The van der Waals surface area contributed by atoms with Crippen molar-refractivity contribution in [1.29, 1.82) is 0 Å². The Labute approximate surface area is 153 Å². The van der Waals surface area contributed by atoms with Gasteiger partial charge in [0.1, 0.15) is 17.5 Å². The summed E-state index contributed by atoms with van der Waals surface area (Å²) in [5, 5.41) is 2.88. The Morgan fingerprint density at radius 1 is 1.32 bits per heavy atom. The summed E-state index contributed by atoms with van der Waals surface area (Å²) in [7, 11) is 0. The van der Waals surface area contributed by atoms with E-state index in [-0.39, 0.29) is 17.4 Å². The van der Waals surface area contributed by atoms with Crippen LogP contribution < -0.4 is 4.74 Å². The lowest BCUT2D eigenvalue weighted by Gasteiger charge is -2.32. The van der Waals surface area contributed by atoms with E-state index in [2.05, 4.69) is 30.7 Å². The topological polar surface area (TPSA) is 55.3 Å². The molecule has 1 fully saturated rings. The molecule has 25 heavy (non-hydrogen) atoms. The van der Waals surface area contributed by atoms with Gasteiger partial charge in [-0.2, -0.15) is 0 Å². The van der Waals surface area contributed by atoms with Crippen LogP contribution in [0.3, 0.4) is 0 Å². The molecule has 1 aliphatic rings. The quantitative estimate of drug-likeness (QED) is 0.836. The second kappa shape index (κ2) is 7.12. The van der Waals surface area contributed by atoms with Gasteiger partial charge >= 0.3 is 0 Å². The van der Waals surface area contributed by atoms with Crippen molar-refractivity contribution in [2.75, 3.05) is 13.1 Å². The van der Waals surface area contributed by atoms with Crippen LogP contribution in [0.2, 0.25) is 0 Å². The van der Waals surface area contributed by atoms with Crippen LogP contribution in [0.1, 0.15) is 54.7 Å². The van der Waals surface area contributed by atoms with E-state index in [4.69, 9.17) is 4.74 Å². The van der Waals surface area contributed by atoms with Gasteiger partial charge in [0.25, 0.3) is 5.91 Å². The maximum atomic E-state index is 12.7. The van der Waals surface area contributed by atoms with Crippen LogP contribution in [0.5, 0.6) is 5.75 Å². The normalized spacial score (nSPS) is 16.1. The molecule has 0 aromatic carbocycles. The summed E-state index contributed by atoms with van der Waals surface area (Å²) in [5.74, 6) is 0.916. The molecule has 0 saturated carbocycles. The standard InChI is InChI=1S/C19H25N3O2S/c1-13-11-20-8-5-16(13)24-14-6-9-22(10-7-14)17(23)15-12-25-18(21-15)19(2,3)4/h5,8,11-12,14H,6-7,9-10H2,1-4H3. The lowest BCUT2D eigenvalue weighted by molar-refractivity contribution is 0.0589. The number of hydrogen-bond acceptors (Lipinski definition) is 5. The van der Waals surface area contributed by atoms with Gasteiger partial charge in [0.2, 0.25) is 0 Å². The Morgan fingerprint density at radius 3 is 2.64 bits per heavy atom. The van der Waals surface area contributed by atoms with E-state index in [0.717, 1.165) is 29.2 Å². The summed E-state index contributed by atoms with van der Waals surface area (Å²) >= 11 is 1.56. The number of aryl methyl sites for hydroxylation is 1. The van der Waals surface area contributed by atoms with Crippen molar-refractivity contribution in [3.05, 3.63) is 40.1 Å². The summed E-state index contributed by atoms with van der Waals surface area (Å²) < 4.78 is 6.08. The van der Waals surface area contributed by atoms with Crippen molar-refractivity contribution in [3.63, 3.8) is 0 Å². The van der Waals surface area contributed by atoms with E-state index in [1.54, 1.807) is 17.5 Å². The number of piperidine rings is 1. The average Bonchev–Trinajstić information content (AvgIpc) is 3.07. The van der Waals surface area contributed by atoms with E-state index in [0.29, 0.717) is 18.8 Å². The fraction of sp³-hybridized carbons (Fsp3) is 0.526. The van der Waals surface area contributed by atoms with Crippen LogP contribution >= 0.6 is 11.3 Å². The third-order valence-electron chi connectivity index (χ3n) is 4.36.